The minimum atomic E-state index is -1.58. The van der Waals surface area contributed by atoms with Gasteiger partial charge in [0.2, 0.25) is 0 Å². The number of aliphatic hydroxyl groups is 2. The number of benzene rings is 4. The van der Waals surface area contributed by atoms with Gasteiger partial charge in [-0.2, -0.15) is 0 Å². The Morgan fingerprint density at radius 1 is 0.522 bits per heavy atom. The predicted molar refractivity (Wildman–Crippen MR) is 167 cm³/mol. The number of aromatic hydroxyl groups is 2. The van der Waals surface area contributed by atoms with Crippen LogP contribution in [-0.4, -0.2) is 58.1 Å². The Morgan fingerprint density at radius 3 is 1.28 bits per heavy atom. The second kappa shape index (κ2) is 17.1. The van der Waals surface area contributed by atoms with Crippen molar-refractivity contribution < 1.29 is 48.2 Å². The van der Waals surface area contributed by atoms with Crippen LogP contribution >= 0.6 is 0 Å². The van der Waals surface area contributed by atoms with Crippen LogP contribution < -0.4 is 0 Å². The van der Waals surface area contributed by atoms with Gasteiger partial charge in [-0.1, -0.05) is 60.7 Å². The summed E-state index contributed by atoms with van der Waals surface area (Å²) in [6, 6.07) is 22.2. The summed E-state index contributed by atoms with van der Waals surface area (Å²) in [5, 5.41) is 43.1. The number of ether oxygens (including phenoxy) is 4. The molecule has 4 aromatic carbocycles. The van der Waals surface area contributed by atoms with Crippen LogP contribution in [-0.2, 0) is 45.4 Å². The molecule has 4 N–H and O–H groups in total. The van der Waals surface area contributed by atoms with Gasteiger partial charge in [-0.15, -0.1) is 0 Å². The Hall–Kier alpha value is -3.90. The first-order valence-corrected chi connectivity index (χ1v) is 14.9. The minimum Gasteiger partial charge on any atom is -0.508 e. The summed E-state index contributed by atoms with van der Waals surface area (Å²) in [4.78, 5) is 0. The van der Waals surface area contributed by atoms with Crippen LogP contribution in [0.15, 0.2) is 84.9 Å². The summed E-state index contributed by atoms with van der Waals surface area (Å²) in [5.74, 6) is -0.731. The SMILES string of the molecule is Cc1c(O)cccc1CO[C@H](COCc1ccccc1F)[C@@H](O)[C@H](O)[C@@H](COCc1ccccc1F)OCc1cccc(O)c1C. The van der Waals surface area contributed by atoms with E-state index < -0.39 is 36.1 Å². The topological polar surface area (TPSA) is 118 Å². The van der Waals surface area contributed by atoms with E-state index in [9.17, 15) is 29.2 Å². The minimum absolute atomic E-state index is 0.0322. The molecule has 0 aliphatic heterocycles. The first-order valence-electron chi connectivity index (χ1n) is 14.9. The molecule has 0 unspecified atom stereocenters. The lowest BCUT2D eigenvalue weighted by atomic mass is 10.0. The summed E-state index contributed by atoms with van der Waals surface area (Å²) in [7, 11) is 0. The van der Waals surface area contributed by atoms with Gasteiger partial charge in [-0.25, -0.2) is 8.78 Å². The first kappa shape index (κ1) is 35.0. The third-order valence-electron chi connectivity index (χ3n) is 7.85. The van der Waals surface area contributed by atoms with E-state index in [-0.39, 0.29) is 51.1 Å². The molecule has 0 aromatic heterocycles. The quantitative estimate of drug-likeness (QED) is 0.118. The Labute approximate surface area is 267 Å². The van der Waals surface area contributed by atoms with Crippen LogP contribution in [0.4, 0.5) is 8.78 Å². The molecule has 4 rings (SSSR count). The Balaban J connectivity index is 1.51. The maximum absolute atomic E-state index is 14.2. The van der Waals surface area contributed by atoms with Crippen molar-refractivity contribution in [2.24, 2.45) is 0 Å². The smallest absolute Gasteiger partial charge is 0.128 e. The summed E-state index contributed by atoms with van der Waals surface area (Å²) < 4.78 is 52.0. The van der Waals surface area contributed by atoms with Crippen molar-refractivity contribution in [3.05, 3.63) is 130 Å². The number of hydrogen-bond donors (Lipinski definition) is 4. The third kappa shape index (κ3) is 9.56. The van der Waals surface area contributed by atoms with E-state index in [0.29, 0.717) is 33.4 Å². The van der Waals surface area contributed by atoms with Crippen LogP contribution in [0.1, 0.15) is 33.4 Å². The number of aliphatic hydroxyl groups excluding tert-OH is 2. The van der Waals surface area contributed by atoms with Crippen molar-refractivity contribution >= 4 is 0 Å². The highest BCUT2D eigenvalue weighted by molar-refractivity contribution is 5.38. The van der Waals surface area contributed by atoms with Crippen molar-refractivity contribution in [1.29, 1.82) is 0 Å². The molecule has 0 radical (unpaired) electrons. The zero-order valence-corrected chi connectivity index (χ0v) is 25.8. The zero-order chi connectivity index (χ0) is 33.1. The van der Waals surface area contributed by atoms with Gasteiger partial charge in [0.1, 0.15) is 47.5 Å². The Bertz CT molecular complexity index is 1430. The van der Waals surface area contributed by atoms with E-state index in [1.165, 1.54) is 12.1 Å². The van der Waals surface area contributed by atoms with Gasteiger partial charge in [0.25, 0.3) is 0 Å². The number of hydrogen-bond acceptors (Lipinski definition) is 8. The van der Waals surface area contributed by atoms with E-state index in [2.05, 4.69) is 0 Å². The number of phenols is 2. The van der Waals surface area contributed by atoms with E-state index in [0.717, 1.165) is 0 Å². The number of phenolic OH excluding ortho intramolecular Hbond substituents is 2. The number of rotatable bonds is 17. The van der Waals surface area contributed by atoms with Crippen molar-refractivity contribution in [3.8, 4) is 11.5 Å². The van der Waals surface area contributed by atoms with Crippen LogP contribution in [0.25, 0.3) is 0 Å². The lowest BCUT2D eigenvalue weighted by Gasteiger charge is -2.32. The molecule has 0 fully saturated rings. The van der Waals surface area contributed by atoms with Gasteiger partial charge >= 0.3 is 0 Å². The van der Waals surface area contributed by atoms with Gasteiger partial charge < -0.3 is 39.4 Å². The van der Waals surface area contributed by atoms with Gasteiger partial charge in [0, 0.05) is 11.1 Å². The monoisotopic (exact) mass is 638 g/mol. The highest BCUT2D eigenvalue weighted by atomic mass is 19.1. The van der Waals surface area contributed by atoms with Crippen LogP contribution in [0.2, 0.25) is 0 Å². The zero-order valence-electron chi connectivity index (χ0n) is 25.8. The largest absolute Gasteiger partial charge is 0.508 e. The average molecular weight is 639 g/mol. The average Bonchev–Trinajstić information content (AvgIpc) is 3.05. The summed E-state index contributed by atoms with van der Waals surface area (Å²) in [5.41, 5.74) is 3.11. The Morgan fingerprint density at radius 2 is 0.891 bits per heavy atom. The lowest BCUT2D eigenvalue weighted by Crippen LogP contribution is -2.49. The molecule has 46 heavy (non-hydrogen) atoms. The maximum atomic E-state index is 14.2. The van der Waals surface area contributed by atoms with Crippen LogP contribution in [0.3, 0.4) is 0 Å². The molecular weight excluding hydrogens is 598 g/mol. The van der Waals surface area contributed by atoms with E-state index in [4.69, 9.17) is 18.9 Å². The molecule has 10 heteroatoms. The fourth-order valence-electron chi connectivity index (χ4n) is 4.78. The molecule has 4 atom stereocenters. The van der Waals surface area contributed by atoms with Crippen molar-refractivity contribution in [3.63, 3.8) is 0 Å². The molecule has 0 saturated carbocycles. The molecule has 4 aromatic rings. The molecule has 0 aliphatic carbocycles. The van der Waals surface area contributed by atoms with Crippen molar-refractivity contribution in [1.82, 2.24) is 0 Å². The molecule has 0 aliphatic rings. The second-order valence-electron chi connectivity index (χ2n) is 11.0. The summed E-state index contributed by atoms with van der Waals surface area (Å²) in [6.07, 6.45) is -5.40. The predicted octanol–water partition coefficient (Wildman–Crippen LogP) is 5.62. The van der Waals surface area contributed by atoms with Crippen LogP contribution in [0, 0.1) is 25.5 Å². The number of halogens is 2. The molecular formula is C36H40F2O8. The van der Waals surface area contributed by atoms with Gasteiger partial charge in [0.15, 0.2) is 0 Å². The van der Waals surface area contributed by atoms with Crippen molar-refractivity contribution in [2.45, 2.75) is 64.7 Å². The maximum Gasteiger partial charge on any atom is 0.128 e. The van der Waals surface area contributed by atoms with E-state index >= 15 is 0 Å². The summed E-state index contributed by atoms with van der Waals surface area (Å²) in [6.45, 7) is 2.72. The highest BCUT2D eigenvalue weighted by Gasteiger charge is 2.34. The van der Waals surface area contributed by atoms with Gasteiger partial charge in [-0.05, 0) is 60.4 Å². The highest BCUT2D eigenvalue weighted by Crippen LogP contribution is 2.24. The molecule has 0 amide bonds. The fraction of sp³-hybridized carbons (Fsp3) is 0.333. The molecule has 0 heterocycles. The Kier molecular flexibility index (Phi) is 13.0. The molecule has 0 saturated heterocycles. The molecule has 0 bridgehead atoms. The summed E-state index contributed by atoms with van der Waals surface area (Å²) >= 11 is 0. The van der Waals surface area contributed by atoms with Gasteiger partial charge in [-0.3, -0.25) is 0 Å². The van der Waals surface area contributed by atoms with Crippen molar-refractivity contribution in [2.75, 3.05) is 13.2 Å². The van der Waals surface area contributed by atoms with E-state index in [1.807, 2.05) is 0 Å². The van der Waals surface area contributed by atoms with Gasteiger partial charge in [0.05, 0.1) is 39.6 Å². The molecule has 246 valence electrons. The third-order valence-corrected chi connectivity index (χ3v) is 7.85. The standard InChI is InChI=1S/C36H40F2O8/c1-23-25(11-7-15-31(23)39)19-45-33(21-43-17-27-9-3-5-13-29(27)37)35(41)36(42)34(22-44-18-28-10-4-6-14-30(28)38)46-20-26-12-8-16-32(40)24(26)2/h3-16,33-36,39-42H,17-22H2,1-2H3/t33-,34-,35-,36-/m1/s1. The van der Waals surface area contributed by atoms with E-state index in [1.54, 1.807) is 86.6 Å². The first-order chi connectivity index (χ1) is 22.2. The second-order valence-corrected chi connectivity index (χ2v) is 11.0. The molecule has 8 nitrogen and oxygen atoms in total. The van der Waals surface area contributed by atoms with Crippen LogP contribution in [0.5, 0.6) is 11.5 Å². The lowest BCUT2D eigenvalue weighted by molar-refractivity contribution is -0.170. The fourth-order valence-corrected chi connectivity index (χ4v) is 4.78. The molecule has 0 spiro atoms. The normalized spacial score (nSPS) is 14.1.